The van der Waals surface area contributed by atoms with Gasteiger partial charge in [0.1, 0.15) is 9.88 Å². The minimum atomic E-state index is -0.0970. The minimum Gasteiger partial charge on any atom is -0.345 e. The maximum Gasteiger partial charge on any atom is 0.263 e. The van der Waals surface area contributed by atoms with Gasteiger partial charge in [0.2, 0.25) is 0 Å². The monoisotopic (exact) mass is 337 g/mol. The van der Waals surface area contributed by atoms with Crippen molar-refractivity contribution in [1.82, 2.24) is 15.3 Å². The van der Waals surface area contributed by atoms with Gasteiger partial charge >= 0.3 is 0 Å². The Morgan fingerprint density at radius 1 is 1.12 bits per heavy atom. The first-order chi connectivity index (χ1) is 11.5. The van der Waals surface area contributed by atoms with Gasteiger partial charge in [-0.15, -0.1) is 11.3 Å². The molecule has 5 heteroatoms. The van der Waals surface area contributed by atoms with Gasteiger partial charge in [0.25, 0.3) is 5.91 Å². The number of pyridine rings is 1. The molecule has 0 aliphatic rings. The van der Waals surface area contributed by atoms with Crippen LogP contribution in [0.4, 0.5) is 0 Å². The second-order valence-corrected chi connectivity index (χ2v) is 6.75. The maximum absolute atomic E-state index is 12.6. The first-order valence-corrected chi connectivity index (χ1v) is 8.62. The maximum atomic E-state index is 12.6. The molecule has 0 aliphatic heterocycles. The van der Waals surface area contributed by atoms with Crippen molar-refractivity contribution in [3.63, 3.8) is 0 Å². The molecule has 1 amide bonds. The number of thiazole rings is 1. The predicted molar refractivity (Wildman–Crippen MR) is 97.1 cm³/mol. The molecule has 0 saturated heterocycles. The molecular weight excluding hydrogens is 318 g/mol. The molecule has 1 unspecified atom stereocenters. The van der Waals surface area contributed by atoms with Gasteiger partial charge in [0.05, 0.1) is 17.4 Å². The van der Waals surface area contributed by atoms with Gasteiger partial charge < -0.3 is 5.32 Å². The average Bonchev–Trinajstić information content (AvgIpc) is 2.98. The number of hydrogen-bond donors (Lipinski definition) is 1. The zero-order valence-electron chi connectivity index (χ0n) is 13.9. The van der Waals surface area contributed by atoms with Gasteiger partial charge in [0.15, 0.2) is 0 Å². The lowest BCUT2D eigenvalue weighted by Crippen LogP contribution is -2.26. The summed E-state index contributed by atoms with van der Waals surface area (Å²) in [5.74, 6) is -0.0970. The van der Waals surface area contributed by atoms with Crippen LogP contribution in [0.25, 0.3) is 10.7 Å². The minimum absolute atomic E-state index is 0.0575. The molecule has 1 aromatic carbocycles. The number of aryl methyl sites for hydroxylation is 2. The number of hydrogen-bond acceptors (Lipinski definition) is 4. The van der Waals surface area contributed by atoms with Gasteiger partial charge in [-0.25, -0.2) is 4.98 Å². The van der Waals surface area contributed by atoms with Gasteiger partial charge in [-0.2, -0.15) is 0 Å². The topological polar surface area (TPSA) is 54.9 Å². The number of nitrogens with zero attached hydrogens (tertiary/aromatic N) is 2. The molecule has 2 aromatic heterocycles. The van der Waals surface area contributed by atoms with Gasteiger partial charge in [-0.05, 0) is 38.5 Å². The molecule has 0 aliphatic carbocycles. The van der Waals surface area contributed by atoms with Crippen molar-refractivity contribution in [3.05, 3.63) is 70.4 Å². The number of benzene rings is 1. The van der Waals surface area contributed by atoms with E-state index in [9.17, 15) is 4.79 Å². The highest BCUT2D eigenvalue weighted by Gasteiger charge is 2.18. The third-order valence-corrected chi connectivity index (χ3v) is 4.99. The molecule has 24 heavy (non-hydrogen) atoms. The first kappa shape index (κ1) is 16.3. The first-order valence-electron chi connectivity index (χ1n) is 7.81. The second kappa shape index (κ2) is 6.93. The third kappa shape index (κ3) is 3.51. The van der Waals surface area contributed by atoms with E-state index in [4.69, 9.17) is 0 Å². The molecule has 0 radical (unpaired) electrons. The number of rotatable bonds is 4. The Morgan fingerprint density at radius 3 is 2.54 bits per heavy atom. The van der Waals surface area contributed by atoms with Crippen molar-refractivity contribution < 1.29 is 4.79 Å². The van der Waals surface area contributed by atoms with Crippen molar-refractivity contribution in [2.24, 2.45) is 0 Å². The standard InChI is InChI=1S/C19H19N3OS/c1-12-7-9-15(10-8-12)13(2)21-18(23)17-14(3)22-19(24-17)16-6-4-5-11-20-16/h4-11,13H,1-3H3,(H,21,23). The average molecular weight is 337 g/mol. The van der Waals surface area contributed by atoms with Crippen LogP contribution in [-0.4, -0.2) is 15.9 Å². The quantitative estimate of drug-likeness (QED) is 0.771. The van der Waals surface area contributed by atoms with Crippen LogP contribution in [0.3, 0.4) is 0 Å². The summed E-state index contributed by atoms with van der Waals surface area (Å²) in [5.41, 5.74) is 3.81. The van der Waals surface area contributed by atoms with E-state index in [1.165, 1.54) is 16.9 Å². The molecular formula is C19H19N3OS. The van der Waals surface area contributed by atoms with E-state index in [0.29, 0.717) is 4.88 Å². The van der Waals surface area contributed by atoms with Crippen molar-refractivity contribution in [2.45, 2.75) is 26.8 Å². The molecule has 4 nitrogen and oxygen atoms in total. The zero-order chi connectivity index (χ0) is 17.1. The summed E-state index contributed by atoms with van der Waals surface area (Å²) >= 11 is 1.37. The van der Waals surface area contributed by atoms with Crippen LogP contribution in [0.1, 0.15) is 39.5 Å². The van der Waals surface area contributed by atoms with Gasteiger partial charge in [-0.1, -0.05) is 35.9 Å². The van der Waals surface area contributed by atoms with E-state index < -0.39 is 0 Å². The highest BCUT2D eigenvalue weighted by atomic mass is 32.1. The van der Waals surface area contributed by atoms with E-state index in [0.717, 1.165) is 22.0 Å². The molecule has 3 rings (SSSR count). The van der Waals surface area contributed by atoms with Crippen LogP contribution in [0.2, 0.25) is 0 Å². The normalized spacial score (nSPS) is 12.0. The van der Waals surface area contributed by atoms with E-state index >= 15 is 0 Å². The molecule has 0 saturated carbocycles. The summed E-state index contributed by atoms with van der Waals surface area (Å²) in [6.07, 6.45) is 1.73. The summed E-state index contributed by atoms with van der Waals surface area (Å²) in [4.78, 5) is 22.0. The van der Waals surface area contributed by atoms with E-state index in [1.54, 1.807) is 6.20 Å². The highest BCUT2D eigenvalue weighted by Crippen LogP contribution is 2.27. The van der Waals surface area contributed by atoms with Crippen LogP contribution in [0, 0.1) is 13.8 Å². The fourth-order valence-corrected chi connectivity index (χ4v) is 3.35. The number of carbonyl (C=O) groups excluding carboxylic acids is 1. The fraction of sp³-hybridized carbons (Fsp3) is 0.211. The van der Waals surface area contributed by atoms with Crippen LogP contribution >= 0.6 is 11.3 Å². The molecule has 1 N–H and O–H groups in total. The predicted octanol–water partition coefficient (Wildman–Crippen LogP) is 4.31. The Morgan fingerprint density at radius 2 is 1.88 bits per heavy atom. The summed E-state index contributed by atoms with van der Waals surface area (Å²) < 4.78 is 0. The lowest BCUT2D eigenvalue weighted by Gasteiger charge is -2.14. The zero-order valence-corrected chi connectivity index (χ0v) is 14.7. The molecule has 0 fully saturated rings. The van der Waals surface area contributed by atoms with Crippen molar-refractivity contribution >= 4 is 17.2 Å². The van der Waals surface area contributed by atoms with Crippen molar-refractivity contribution in [2.75, 3.05) is 0 Å². The number of nitrogens with one attached hydrogen (secondary N) is 1. The third-order valence-electron chi connectivity index (χ3n) is 3.81. The van der Waals surface area contributed by atoms with Crippen LogP contribution in [0.5, 0.6) is 0 Å². The molecule has 0 bridgehead atoms. The van der Waals surface area contributed by atoms with E-state index in [-0.39, 0.29) is 11.9 Å². The van der Waals surface area contributed by atoms with E-state index in [2.05, 4.69) is 27.4 Å². The largest absolute Gasteiger partial charge is 0.345 e. The molecule has 2 heterocycles. The Bertz CT molecular complexity index is 841. The molecule has 122 valence electrons. The van der Waals surface area contributed by atoms with Gasteiger partial charge in [0, 0.05) is 6.20 Å². The Labute approximate surface area is 145 Å². The van der Waals surface area contributed by atoms with E-state index in [1.807, 2.05) is 51.1 Å². The number of carbonyl (C=O) groups is 1. The number of aromatic nitrogens is 2. The summed E-state index contributed by atoms with van der Waals surface area (Å²) in [6.45, 7) is 5.89. The highest BCUT2D eigenvalue weighted by molar-refractivity contribution is 7.17. The van der Waals surface area contributed by atoms with Crippen molar-refractivity contribution in [1.29, 1.82) is 0 Å². The van der Waals surface area contributed by atoms with Gasteiger partial charge in [-0.3, -0.25) is 9.78 Å². The second-order valence-electron chi connectivity index (χ2n) is 5.75. The SMILES string of the molecule is Cc1ccc(C(C)NC(=O)c2sc(-c3ccccn3)nc2C)cc1. The van der Waals surface area contributed by atoms with Crippen molar-refractivity contribution in [3.8, 4) is 10.7 Å². The van der Waals surface area contributed by atoms with Crippen LogP contribution in [-0.2, 0) is 0 Å². The lowest BCUT2D eigenvalue weighted by molar-refractivity contribution is 0.0943. The molecule has 3 aromatic rings. The summed E-state index contributed by atoms with van der Waals surface area (Å²) in [6, 6.07) is 13.8. The molecule has 1 atom stereocenters. The molecule has 0 spiro atoms. The Hall–Kier alpha value is -2.53. The smallest absolute Gasteiger partial charge is 0.263 e. The summed E-state index contributed by atoms with van der Waals surface area (Å²) in [7, 11) is 0. The van der Waals surface area contributed by atoms with Crippen LogP contribution in [0.15, 0.2) is 48.7 Å². The Balaban J connectivity index is 1.78. The Kier molecular flexibility index (Phi) is 4.71. The lowest BCUT2D eigenvalue weighted by atomic mass is 10.1. The fourth-order valence-electron chi connectivity index (χ4n) is 2.41. The van der Waals surface area contributed by atoms with Crippen LogP contribution < -0.4 is 5.32 Å². The number of amides is 1. The summed E-state index contributed by atoms with van der Waals surface area (Å²) in [5, 5.41) is 3.81.